The van der Waals surface area contributed by atoms with Gasteiger partial charge in [-0.05, 0) is 31.0 Å². The summed E-state index contributed by atoms with van der Waals surface area (Å²) in [6.07, 6.45) is 1.58. The molecule has 1 fully saturated rings. The van der Waals surface area contributed by atoms with Gasteiger partial charge in [0, 0.05) is 12.1 Å². The first kappa shape index (κ1) is 9.21. The molecular weight excluding hydrogens is 178 g/mol. The number of hydrogen-bond donors (Lipinski definition) is 2. The lowest BCUT2D eigenvalue weighted by Gasteiger charge is -2.08. The van der Waals surface area contributed by atoms with Gasteiger partial charge < -0.3 is 10.4 Å². The Hall–Kier alpha value is -1.35. The van der Waals surface area contributed by atoms with E-state index in [1.165, 1.54) is 0 Å². The summed E-state index contributed by atoms with van der Waals surface area (Å²) in [5.41, 5.74) is -0.0238. The van der Waals surface area contributed by atoms with E-state index in [1.807, 2.05) is 0 Å². The van der Waals surface area contributed by atoms with Crippen LogP contribution in [0.25, 0.3) is 0 Å². The molecule has 1 aliphatic rings. The molecule has 0 bridgehead atoms. The lowest BCUT2D eigenvalue weighted by molar-refractivity contribution is 0.0896. The molecule has 2 N–H and O–H groups in total. The van der Waals surface area contributed by atoms with Crippen molar-refractivity contribution in [3.63, 3.8) is 0 Å². The minimum atomic E-state index is -0.628. The molecule has 14 heavy (non-hydrogen) atoms. The van der Waals surface area contributed by atoms with E-state index in [0.717, 1.165) is 12.8 Å². The quantitative estimate of drug-likeness (QED) is 0.738. The highest BCUT2D eigenvalue weighted by molar-refractivity contribution is 5.94. The van der Waals surface area contributed by atoms with Crippen LogP contribution in [0, 0.1) is 6.07 Å². The zero-order valence-corrected chi connectivity index (χ0v) is 7.79. The number of aliphatic hydroxyl groups is 1. The van der Waals surface area contributed by atoms with Crippen LogP contribution in [0.3, 0.4) is 0 Å². The Labute approximate surface area is 82.8 Å². The van der Waals surface area contributed by atoms with Gasteiger partial charge in [-0.3, -0.25) is 4.79 Å². The van der Waals surface area contributed by atoms with Crippen molar-refractivity contribution in [2.45, 2.75) is 18.4 Å². The Morgan fingerprint density at radius 1 is 1.50 bits per heavy atom. The van der Waals surface area contributed by atoms with Gasteiger partial charge in [-0.2, -0.15) is 0 Å². The summed E-state index contributed by atoms with van der Waals surface area (Å²) in [5.74, 6) is -0.140. The highest BCUT2D eigenvalue weighted by Gasteiger charge is 2.40. The lowest BCUT2D eigenvalue weighted by Crippen LogP contribution is -2.33. The predicted molar refractivity (Wildman–Crippen MR) is 51.8 cm³/mol. The summed E-state index contributed by atoms with van der Waals surface area (Å²) in [5, 5.41) is 12.2. The van der Waals surface area contributed by atoms with Gasteiger partial charge >= 0.3 is 0 Å². The van der Waals surface area contributed by atoms with Crippen molar-refractivity contribution in [1.29, 1.82) is 0 Å². The zero-order chi connectivity index (χ0) is 10.0. The fourth-order valence-electron chi connectivity index (χ4n) is 1.21. The number of nitrogens with one attached hydrogen (secondary N) is 1. The molecule has 0 atom stereocenters. The summed E-state index contributed by atoms with van der Waals surface area (Å²) >= 11 is 0. The zero-order valence-electron chi connectivity index (χ0n) is 7.79. The molecule has 1 aromatic carbocycles. The van der Waals surface area contributed by atoms with Crippen molar-refractivity contribution >= 4 is 5.91 Å². The Balaban J connectivity index is 1.90. The summed E-state index contributed by atoms with van der Waals surface area (Å²) in [6.45, 7) is 0.352. The second kappa shape index (κ2) is 3.42. The molecule has 3 nitrogen and oxygen atoms in total. The van der Waals surface area contributed by atoms with Crippen molar-refractivity contribution in [3.05, 3.63) is 35.9 Å². The van der Waals surface area contributed by atoms with Crippen LogP contribution in [-0.2, 0) is 0 Å². The van der Waals surface area contributed by atoms with Gasteiger partial charge in [0.05, 0.1) is 5.60 Å². The molecule has 2 rings (SSSR count). The van der Waals surface area contributed by atoms with Crippen molar-refractivity contribution in [2.24, 2.45) is 0 Å². The molecule has 0 heterocycles. The molecule has 1 saturated carbocycles. The third-order valence-corrected chi connectivity index (χ3v) is 2.39. The number of amides is 1. The van der Waals surface area contributed by atoms with Crippen molar-refractivity contribution in [3.8, 4) is 0 Å². The first-order chi connectivity index (χ1) is 6.70. The minimum absolute atomic E-state index is 0.140. The molecule has 0 unspecified atom stereocenters. The number of hydrogen-bond acceptors (Lipinski definition) is 2. The summed E-state index contributed by atoms with van der Waals surface area (Å²) in [4.78, 5) is 11.5. The number of rotatable bonds is 3. The van der Waals surface area contributed by atoms with Gasteiger partial charge in [-0.1, -0.05) is 12.1 Å². The summed E-state index contributed by atoms with van der Waals surface area (Å²) < 4.78 is 0. The molecule has 1 radical (unpaired) electrons. The van der Waals surface area contributed by atoms with Gasteiger partial charge in [-0.15, -0.1) is 0 Å². The molecule has 73 valence electrons. The first-order valence-electron chi connectivity index (χ1n) is 4.66. The normalized spacial score (nSPS) is 17.5. The lowest BCUT2D eigenvalue weighted by atomic mass is 10.2. The van der Waals surface area contributed by atoms with E-state index in [-0.39, 0.29) is 5.91 Å². The SMILES string of the molecule is O=C(NCC1(O)CC1)c1cc[c]cc1. The molecule has 1 amide bonds. The molecule has 3 heteroatoms. The monoisotopic (exact) mass is 190 g/mol. The van der Waals surface area contributed by atoms with Crippen LogP contribution < -0.4 is 5.32 Å². The van der Waals surface area contributed by atoms with Gasteiger partial charge in [0.15, 0.2) is 0 Å². The minimum Gasteiger partial charge on any atom is -0.388 e. The number of benzene rings is 1. The van der Waals surface area contributed by atoms with E-state index in [4.69, 9.17) is 0 Å². The van der Waals surface area contributed by atoms with E-state index in [9.17, 15) is 9.90 Å². The Bertz CT molecular complexity index is 330. The van der Waals surface area contributed by atoms with Crippen LogP contribution in [0.5, 0.6) is 0 Å². The average Bonchev–Trinajstić information content (AvgIpc) is 2.95. The molecule has 1 aromatic rings. The van der Waals surface area contributed by atoms with Gasteiger partial charge in [0.25, 0.3) is 5.91 Å². The molecule has 0 aliphatic heterocycles. The van der Waals surface area contributed by atoms with E-state index in [2.05, 4.69) is 11.4 Å². The Morgan fingerprint density at radius 2 is 2.14 bits per heavy atom. The second-order valence-corrected chi connectivity index (χ2v) is 3.70. The van der Waals surface area contributed by atoms with Gasteiger partial charge in [-0.25, -0.2) is 0 Å². The van der Waals surface area contributed by atoms with E-state index < -0.39 is 5.60 Å². The van der Waals surface area contributed by atoms with Crippen molar-refractivity contribution in [2.75, 3.05) is 6.54 Å². The topological polar surface area (TPSA) is 49.3 Å². The van der Waals surface area contributed by atoms with E-state index >= 15 is 0 Å². The summed E-state index contributed by atoms with van der Waals surface area (Å²) in [7, 11) is 0. The fourth-order valence-corrected chi connectivity index (χ4v) is 1.21. The Kier molecular flexibility index (Phi) is 2.25. The van der Waals surface area contributed by atoms with Gasteiger partial charge in [0.2, 0.25) is 0 Å². The maximum Gasteiger partial charge on any atom is 0.251 e. The largest absolute Gasteiger partial charge is 0.388 e. The third kappa shape index (κ3) is 2.12. The smallest absolute Gasteiger partial charge is 0.251 e. The van der Waals surface area contributed by atoms with Crippen molar-refractivity contribution in [1.82, 2.24) is 5.32 Å². The van der Waals surface area contributed by atoms with Crippen LogP contribution in [0.1, 0.15) is 23.2 Å². The molecule has 1 aliphatic carbocycles. The first-order valence-corrected chi connectivity index (χ1v) is 4.66. The van der Waals surface area contributed by atoms with Crippen LogP contribution in [0.2, 0.25) is 0 Å². The molecule has 0 saturated heterocycles. The van der Waals surface area contributed by atoms with E-state index in [0.29, 0.717) is 12.1 Å². The number of carbonyl (C=O) groups excluding carboxylic acids is 1. The van der Waals surface area contributed by atoms with Crippen LogP contribution in [0.4, 0.5) is 0 Å². The standard InChI is InChI=1S/C11H12NO2/c13-10(9-4-2-1-3-5-9)12-8-11(14)6-7-11/h2-5,14H,6-8H2,(H,12,13). The highest BCUT2D eigenvalue weighted by atomic mass is 16.3. The molecule has 0 spiro atoms. The average molecular weight is 190 g/mol. The van der Waals surface area contributed by atoms with Crippen LogP contribution in [-0.4, -0.2) is 23.2 Å². The maximum atomic E-state index is 11.5. The van der Waals surface area contributed by atoms with Gasteiger partial charge in [0.1, 0.15) is 0 Å². The van der Waals surface area contributed by atoms with Crippen LogP contribution in [0.15, 0.2) is 24.3 Å². The third-order valence-electron chi connectivity index (χ3n) is 2.39. The number of carbonyl (C=O) groups is 1. The maximum absolute atomic E-state index is 11.5. The Morgan fingerprint density at radius 3 is 2.71 bits per heavy atom. The molecular formula is C11H12NO2. The van der Waals surface area contributed by atoms with Crippen molar-refractivity contribution < 1.29 is 9.90 Å². The summed E-state index contributed by atoms with van der Waals surface area (Å²) in [6, 6.07) is 9.63. The second-order valence-electron chi connectivity index (χ2n) is 3.70. The fraction of sp³-hybridized carbons (Fsp3) is 0.364. The molecule has 0 aromatic heterocycles. The van der Waals surface area contributed by atoms with Crippen LogP contribution >= 0.6 is 0 Å². The predicted octanol–water partition coefficient (Wildman–Crippen LogP) is 0.741. The van der Waals surface area contributed by atoms with E-state index in [1.54, 1.807) is 24.3 Å². The highest BCUT2D eigenvalue weighted by Crippen LogP contribution is 2.33.